The Kier molecular flexibility index (Phi) is 1.98. The lowest BCUT2D eigenvalue weighted by atomic mass is 10.7. The van der Waals surface area contributed by atoms with E-state index in [4.69, 9.17) is 0 Å². The molecule has 1 fully saturated rings. The Labute approximate surface area is 77.8 Å². The number of tetrazole rings is 1. The molecule has 9 heteroatoms. The number of sulfone groups is 1. The molecule has 6 nitrogen and oxygen atoms in total. The van der Waals surface area contributed by atoms with Crippen LogP contribution in [0.3, 0.4) is 0 Å². The number of nitrogens with zero attached hydrogens (tertiary/aromatic N) is 4. The monoisotopic (exact) mass is 224 g/mol. The van der Waals surface area contributed by atoms with Gasteiger partial charge in [0.25, 0.3) is 15.0 Å². The lowest BCUT2D eigenvalue weighted by Gasteiger charge is -2.01. The van der Waals surface area contributed by atoms with Crippen LogP contribution in [0.5, 0.6) is 0 Å². The standard InChI is InChI=1S/C5H6F2N4O2S/c6-4(7)14(12,13)5-8-9-10-11(5)3-1-2-3/h3-4H,1-2H2. The molecule has 2 rings (SSSR count). The summed E-state index contributed by atoms with van der Waals surface area (Å²) in [6.07, 6.45) is 1.44. The molecule has 0 aliphatic heterocycles. The third-order valence-corrected chi connectivity index (χ3v) is 3.09. The van der Waals surface area contributed by atoms with Crippen molar-refractivity contribution in [2.45, 2.75) is 29.8 Å². The van der Waals surface area contributed by atoms with E-state index in [0.717, 1.165) is 17.5 Å². The van der Waals surface area contributed by atoms with E-state index in [1.165, 1.54) is 0 Å². The van der Waals surface area contributed by atoms with E-state index >= 15 is 0 Å². The summed E-state index contributed by atoms with van der Waals surface area (Å²) in [5.74, 6) is -3.48. The molecule has 0 N–H and O–H groups in total. The normalized spacial score (nSPS) is 17.6. The van der Waals surface area contributed by atoms with Gasteiger partial charge in [-0.2, -0.15) is 8.78 Å². The van der Waals surface area contributed by atoms with Crippen molar-refractivity contribution in [2.75, 3.05) is 0 Å². The summed E-state index contributed by atoms with van der Waals surface area (Å²) in [6, 6.07) is -0.145. The van der Waals surface area contributed by atoms with Crippen molar-refractivity contribution >= 4 is 9.84 Å². The van der Waals surface area contributed by atoms with E-state index in [2.05, 4.69) is 15.5 Å². The smallest absolute Gasteiger partial charge is 0.214 e. The Balaban J connectivity index is 2.45. The average Bonchev–Trinajstić information content (AvgIpc) is 2.83. The van der Waals surface area contributed by atoms with Gasteiger partial charge in [0.1, 0.15) is 0 Å². The molecule has 0 aromatic carbocycles. The number of hydrogen-bond acceptors (Lipinski definition) is 5. The second kappa shape index (κ2) is 2.94. The number of halogens is 2. The van der Waals surface area contributed by atoms with Gasteiger partial charge in [-0.3, -0.25) is 0 Å². The highest BCUT2D eigenvalue weighted by Crippen LogP contribution is 2.35. The zero-order valence-corrected chi connectivity index (χ0v) is 7.65. The molecule has 1 aliphatic carbocycles. The van der Waals surface area contributed by atoms with Crippen LogP contribution in [0.25, 0.3) is 0 Å². The first-order valence-electron chi connectivity index (χ1n) is 3.83. The molecule has 0 atom stereocenters. The summed E-state index contributed by atoms with van der Waals surface area (Å²) in [5.41, 5.74) is 0. The maximum atomic E-state index is 12.1. The fourth-order valence-electron chi connectivity index (χ4n) is 1.00. The van der Waals surface area contributed by atoms with Gasteiger partial charge in [0.15, 0.2) is 0 Å². The number of aromatic nitrogens is 4. The summed E-state index contributed by atoms with van der Waals surface area (Å²) in [6.45, 7) is 0. The quantitative estimate of drug-likeness (QED) is 0.722. The van der Waals surface area contributed by atoms with E-state index in [-0.39, 0.29) is 6.04 Å². The molecule has 1 aliphatic rings. The Morgan fingerprint density at radius 3 is 2.57 bits per heavy atom. The molecule has 78 valence electrons. The van der Waals surface area contributed by atoms with Crippen molar-refractivity contribution in [3.05, 3.63) is 0 Å². The molecular weight excluding hydrogens is 218 g/mol. The van der Waals surface area contributed by atoms with Gasteiger partial charge in [-0.05, 0) is 23.3 Å². The van der Waals surface area contributed by atoms with Crippen molar-refractivity contribution in [3.63, 3.8) is 0 Å². The maximum absolute atomic E-state index is 12.1. The summed E-state index contributed by atoms with van der Waals surface area (Å²) in [7, 11) is -4.68. The lowest BCUT2D eigenvalue weighted by molar-refractivity contribution is 0.232. The fourth-order valence-corrected chi connectivity index (χ4v) is 1.76. The van der Waals surface area contributed by atoms with Crippen molar-refractivity contribution in [2.24, 2.45) is 0 Å². The topological polar surface area (TPSA) is 77.7 Å². The van der Waals surface area contributed by atoms with Gasteiger partial charge >= 0.3 is 5.76 Å². The van der Waals surface area contributed by atoms with E-state index in [9.17, 15) is 17.2 Å². The number of hydrogen-bond donors (Lipinski definition) is 0. The summed E-state index contributed by atoms with van der Waals surface area (Å²) in [4.78, 5) is 0. The van der Waals surface area contributed by atoms with E-state index in [1.807, 2.05) is 0 Å². The van der Waals surface area contributed by atoms with Crippen molar-refractivity contribution in [1.29, 1.82) is 0 Å². The second-order valence-corrected chi connectivity index (χ2v) is 4.75. The molecule has 1 aromatic rings. The van der Waals surface area contributed by atoms with Gasteiger partial charge in [-0.25, -0.2) is 13.1 Å². The van der Waals surface area contributed by atoms with E-state index in [1.54, 1.807) is 0 Å². The third kappa shape index (κ3) is 1.37. The molecule has 0 radical (unpaired) electrons. The largest absolute Gasteiger partial charge is 0.344 e. The lowest BCUT2D eigenvalue weighted by Crippen LogP contribution is -2.17. The summed E-state index contributed by atoms with van der Waals surface area (Å²) < 4.78 is 47.3. The highest BCUT2D eigenvalue weighted by atomic mass is 32.2. The predicted octanol–water partition coefficient (Wildman–Crippen LogP) is 0.00430. The molecule has 0 saturated heterocycles. The Morgan fingerprint density at radius 2 is 2.07 bits per heavy atom. The van der Waals surface area contributed by atoms with Gasteiger partial charge in [-0.1, -0.05) is 5.10 Å². The van der Waals surface area contributed by atoms with Crippen LogP contribution in [0.1, 0.15) is 18.9 Å². The highest BCUT2D eigenvalue weighted by Gasteiger charge is 2.37. The molecule has 0 unspecified atom stereocenters. The third-order valence-electron chi connectivity index (χ3n) is 1.84. The fraction of sp³-hybridized carbons (Fsp3) is 0.800. The molecule has 0 bridgehead atoms. The van der Waals surface area contributed by atoms with Gasteiger partial charge in [0.2, 0.25) is 0 Å². The number of alkyl halides is 2. The van der Waals surface area contributed by atoms with Crippen molar-refractivity contribution in [1.82, 2.24) is 20.2 Å². The predicted molar refractivity (Wildman–Crippen MR) is 39.3 cm³/mol. The zero-order chi connectivity index (χ0) is 10.3. The first kappa shape index (κ1) is 9.44. The molecular formula is C5H6F2N4O2S. The van der Waals surface area contributed by atoms with Crippen LogP contribution in [0.2, 0.25) is 0 Å². The second-order valence-electron chi connectivity index (χ2n) is 2.94. The molecule has 1 saturated carbocycles. The minimum atomic E-state index is -4.68. The van der Waals surface area contributed by atoms with Gasteiger partial charge in [0.05, 0.1) is 6.04 Å². The highest BCUT2D eigenvalue weighted by molar-refractivity contribution is 7.91. The van der Waals surface area contributed by atoms with E-state index < -0.39 is 20.8 Å². The minimum absolute atomic E-state index is 0.145. The zero-order valence-electron chi connectivity index (χ0n) is 6.84. The SMILES string of the molecule is O=S(=O)(c1nnnn1C1CC1)C(F)F. The Hall–Kier alpha value is -1.12. The van der Waals surface area contributed by atoms with E-state index in [0.29, 0.717) is 0 Å². The van der Waals surface area contributed by atoms with Crippen molar-refractivity contribution in [3.8, 4) is 0 Å². The molecule has 0 amide bonds. The van der Waals surface area contributed by atoms with Gasteiger partial charge in [0, 0.05) is 0 Å². The molecule has 1 aromatic heterocycles. The Bertz CT molecular complexity index is 438. The van der Waals surface area contributed by atoms with Crippen LogP contribution in [0.4, 0.5) is 8.78 Å². The Morgan fingerprint density at radius 1 is 1.43 bits per heavy atom. The average molecular weight is 224 g/mol. The summed E-state index contributed by atoms with van der Waals surface area (Å²) >= 11 is 0. The first-order chi connectivity index (χ1) is 6.53. The molecule has 14 heavy (non-hydrogen) atoms. The van der Waals surface area contributed by atoms with Crippen LogP contribution in [0, 0.1) is 0 Å². The minimum Gasteiger partial charge on any atom is -0.214 e. The summed E-state index contributed by atoms with van der Waals surface area (Å²) in [5, 5.41) is 8.82. The van der Waals surface area contributed by atoms with Crippen LogP contribution < -0.4 is 0 Å². The van der Waals surface area contributed by atoms with Crippen molar-refractivity contribution < 1.29 is 17.2 Å². The molecule has 1 heterocycles. The maximum Gasteiger partial charge on any atom is 0.344 e. The van der Waals surface area contributed by atoms with Gasteiger partial charge in [-0.15, -0.1) is 0 Å². The van der Waals surface area contributed by atoms with Gasteiger partial charge < -0.3 is 0 Å². The first-order valence-corrected chi connectivity index (χ1v) is 5.38. The van der Waals surface area contributed by atoms with Crippen LogP contribution in [-0.4, -0.2) is 34.4 Å². The van der Waals surface area contributed by atoms with Crippen LogP contribution in [-0.2, 0) is 9.84 Å². The number of rotatable bonds is 3. The van der Waals surface area contributed by atoms with Crippen LogP contribution in [0.15, 0.2) is 5.16 Å². The van der Waals surface area contributed by atoms with Crippen LogP contribution >= 0.6 is 0 Å². The molecule has 0 spiro atoms.